The molecule has 0 saturated heterocycles. The second-order valence-corrected chi connectivity index (χ2v) is 5.40. The molecule has 21 heavy (non-hydrogen) atoms. The van der Waals surface area contributed by atoms with Gasteiger partial charge >= 0.3 is 0 Å². The first-order valence-corrected chi connectivity index (χ1v) is 7.26. The third kappa shape index (κ3) is 3.67. The summed E-state index contributed by atoms with van der Waals surface area (Å²) < 4.78 is 28.0. The molecular weight excluding hydrogens is 268 g/mol. The van der Waals surface area contributed by atoms with Gasteiger partial charge < -0.3 is 5.32 Å². The first-order chi connectivity index (χ1) is 10.0. The van der Waals surface area contributed by atoms with Gasteiger partial charge in [-0.1, -0.05) is 48.9 Å². The Balaban J connectivity index is 2.33. The van der Waals surface area contributed by atoms with E-state index in [4.69, 9.17) is 0 Å². The monoisotopic (exact) mass is 289 g/mol. The van der Waals surface area contributed by atoms with E-state index in [0.29, 0.717) is 24.1 Å². The average Bonchev–Trinajstić information content (AvgIpc) is 2.45. The van der Waals surface area contributed by atoms with Gasteiger partial charge in [0.1, 0.15) is 0 Å². The number of halogens is 2. The molecule has 0 amide bonds. The van der Waals surface area contributed by atoms with Gasteiger partial charge in [-0.3, -0.25) is 0 Å². The zero-order valence-corrected chi connectivity index (χ0v) is 12.7. The highest BCUT2D eigenvalue weighted by Gasteiger charge is 2.19. The fourth-order valence-corrected chi connectivity index (χ4v) is 2.54. The van der Waals surface area contributed by atoms with E-state index in [1.165, 1.54) is 5.56 Å². The van der Waals surface area contributed by atoms with Crippen LogP contribution in [0.4, 0.5) is 8.78 Å². The van der Waals surface area contributed by atoms with Crippen LogP contribution in [0.2, 0.25) is 0 Å². The normalized spacial score (nSPS) is 12.4. The van der Waals surface area contributed by atoms with Crippen molar-refractivity contribution in [1.29, 1.82) is 0 Å². The molecule has 2 rings (SSSR count). The van der Waals surface area contributed by atoms with E-state index in [1.807, 2.05) is 32.0 Å². The lowest BCUT2D eigenvalue weighted by Crippen LogP contribution is -2.24. The molecule has 0 saturated carbocycles. The molecule has 2 aromatic carbocycles. The second kappa shape index (κ2) is 6.81. The topological polar surface area (TPSA) is 12.0 Å². The highest BCUT2D eigenvalue weighted by atomic mass is 19.2. The molecule has 0 aliphatic carbocycles. The SMILES string of the molecule is CCNC(Cc1cccc(C)c1)c1ccc(C)c(F)c1F. The van der Waals surface area contributed by atoms with Gasteiger partial charge in [0.2, 0.25) is 0 Å². The molecule has 3 heteroatoms. The molecule has 0 radical (unpaired) electrons. The van der Waals surface area contributed by atoms with E-state index in [1.54, 1.807) is 19.1 Å². The lowest BCUT2D eigenvalue weighted by molar-refractivity contribution is 0.461. The number of rotatable bonds is 5. The predicted octanol–water partition coefficient (Wildman–Crippen LogP) is 4.47. The van der Waals surface area contributed by atoms with Crippen molar-refractivity contribution in [3.8, 4) is 0 Å². The van der Waals surface area contributed by atoms with Crippen LogP contribution < -0.4 is 5.32 Å². The van der Waals surface area contributed by atoms with E-state index < -0.39 is 11.6 Å². The molecule has 1 nitrogen and oxygen atoms in total. The van der Waals surface area contributed by atoms with Gasteiger partial charge in [-0.2, -0.15) is 0 Å². The molecule has 0 aromatic heterocycles. The highest BCUT2D eigenvalue weighted by Crippen LogP contribution is 2.25. The minimum absolute atomic E-state index is 0.230. The van der Waals surface area contributed by atoms with Gasteiger partial charge in [-0.05, 0) is 37.9 Å². The third-order valence-corrected chi connectivity index (χ3v) is 3.65. The maximum Gasteiger partial charge on any atom is 0.163 e. The van der Waals surface area contributed by atoms with Gasteiger partial charge in [0.05, 0.1) is 0 Å². The Morgan fingerprint density at radius 1 is 1.05 bits per heavy atom. The van der Waals surface area contributed by atoms with E-state index in [2.05, 4.69) is 11.4 Å². The second-order valence-electron chi connectivity index (χ2n) is 5.40. The van der Waals surface area contributed by atoms with Gasteiger partial charge in [0, 0.05) is 11.6 Å². The van der Waals surface area contributed by atoms with Gasteiger partial charge in [-0.15, -0.1) is 0 Å². The smallest absolute Gasteiger partial charge is 0.163 e. The largest absolute Gasteiger partial charge is 0.310 e. The van der Waals surface area contributed by atoms with Crippen LogP contribution in [0.15, 0.2) is 36.4 Å². The summed E-state index contributed by atoms with van der Waals surface area (Å²) in [6, 6.07) is 11.2. The number of hydrogen-bond acceptors (Lipinski definition) is 1. The summed E-state index contributed by atoms with van der Waals surface area (Å²) in [5, 5.41) is 3.25. The number of likely N-dealkylation sites (N-methyl/N-ethyl adjacent to an activating group) is 1. The van der Waals surface area contributed by atoms with Crippen LogP contribution in [0.25, 0.3) is 0 Å². The third-order valence-electron chi connectivity index (χ3n) is 3.65. The van der Waals surface area contributed by atoms with Crippen molar-refractivity contribution in [2.75, 3.05) is 6.54 Å². The fraction of sp³-hybridized carbons (Fsp3) is 0.333. The maximum atomic E-state index is 14.2. The van der Waals surface area contributed by atoms with E-state index in [-0.39, 0.29) is 6.04 Å². The zero-order chi connectivity index (χ0) is 15.4. The zero-order valence-electron chi connectivity index (χ0n) is 12.7. The Hall–Kier alpha value is -1.74. The summed E-state index contributed by atoms with van der Waals surface area (Å²) >= 11 is 0. The summed E-state index contributed by atoms with van der Waals surface area (Å²) in [6.45, 7) is 6.26. The molecular formula is C18H21F2N. The first-order valence-electron chi connectivity index (χ1n) is 7.26. The van der Waals surface area contributed by atoms with Crippen molar-refractivity contribution in [2.45, 2.75) is 33.2 Å². The Kier molecular flexibility index (Phi) is 5.07. The standard InChI is InChI=1S/C18H21F2N/c1-4-21-16(11-14-7-5-6-12(2)10-14)15-9-8-13(3)17(19)18(15)20/h5-10,16,21H,4,11H2,1-3H3. The minimum atomic E-state index is -0.750. The van der Waals surface area contributed by atoms with Crippen LogP contribution in [0.1, 0.15) is 35.2 Å². The van der Waals surface area contributed by atoms with Crippen LogP contribution in [-0.2, 0) is 6.42 Å². The summed E-state index contributed by atoms with van der Waals surface area (Å²) in [5.41, 5.74) is 3.00. The fourth-order valence-electron chi connectivity index (χ4n) is 2.54. The van der Waals surface area contributed by atoms with Crippen molar-refractivity contribution >= 4 is 0 Å². The molecule has 2 aromatic rings. The minimum Gasteiger partial charge on any atom is -0.310 e. The molecule has 0 aliphatic heterocycles. The summed E-state index contributed by atoms with van der Waals surface area (Å²) in [5.74, 6) is -1.49. The Bertz CT molecular complexity index is 623. The molecule has 0 spiro atoms. The summed E-state index contributed by atoms with van der Waals surface area (Å²) in [6.07, 6.45) is 0.634. The molecule has 112 valence electrons. The van der Waals surface area contributed by atoms with Gasteiger partial charge in [0.25, 0.3) is 0 Å². The molecule has 1 unspecified atom stereocenters. The quantitative estimate of drug-likeness (QED) is 0.856. The number of nitrogens with one attached hydrogen (secondary N) is 1. The van der Waals surface area contributed by atoms with Crippen LogP contribution in [0, 0.1) is 25.5 Å². The predicted molar refractivity (Wildman–Crippen MR) is 82.4 cm³/mol. The van der Waals surface area contributed by atoms with Crippen molar-refractivity contribution in [3.05, 3.63) is 70.3 Å². The average molecular weight is 289 g/mol. The summed E-state index contributed by atoms with van der Waals surface area (Å²) in [7, 11) is 0. The maximum absolute atomic E-state index is 14.2. The van der Waals surface area contributed by atoms with E-state index in [9.17, 15) is 8.78 Å². The first kappa shape index (κ1) is 15.6. The molecule has 0 heterocycles. The molecule has 1 atom stereocenters. The molecule has 0 bridgehead atoms. The van der Waals surface area contributed by atoms with Crippen LogP contribution >= 0.6 is 0 Å². The van der Waals surface area contributed by atoms with Crippen molar-refractivity contribution in [3.63, 3.8) is 0 Å². The highest BCUT2D eigenvalue weighted by molar-refractivity contribution is 5.30. The Morgan fingerprint density at radius 2 is 1.81 bits per heavy atom. The number of aryl methyl sites for hydroxylation is 2. The van der Waals surface area contributed by atoms with Gasteiger partial charge in [-0.25, -0.2) is 8.78 Å². The van der Waals surface area contributed by atoms with E-state index >= 15 is 0 Å². The van der Waals surface area contributed by atoms with Crippen molar-refractivity contribution < 1.29 is 8.78 Å². The Labute approximate surface area is 125 Å². The van der Waals surface area contributed by atoms with Crippen LogP contribution in [0.5, 0.6) is 0 Å². The lowest BCUT2D eigenvalue weighted by Gasteiger charge is -2.20. The van der Waals surface area contributed by atoms with Crippen LogP contribution in [0.3, 0.4) is 0 Å². The van der Waals surface area contributed by atoms with E-state index in [0.717, 1.165) is 5.56 Å². The van der Waals surface area contributed by atoms with Gasteiger partial charge in [0.15, 0.2) is 11.6 Å². The lowest BCUT2D eigenvalue weighted by atomic mass is 9.96. The van der Waals surface area contributed by atoms with Crippen molar-refractivity contribution in [2.24, 2.45) is 0 Å². The molecule has 0 aliphatic rings. The summed E-state index contributed by atoms with van der Waals surface area (Å²) in [4.78, 5) is 0. The molecule has 0 fully saturated rings. The molecule has 1 N–H and O–H groups in total. The number of hydrogen-bond donors (Lipinski definition) is 1. The van der Waals surface area contributed by atoms with Crippen LogP contribution in [-0.4, -0.2) is 6.54 Å². The van der Waals surface area contributed by atoms with Crippen molar-refractivity contribution in [1.82, 2.24) is 5.32 Å². The number of benzene rings is 2. The Morgan fingerprint density at radius 3 is 2.48 bits per heavy atom.